The van der Waals surface area contributed by atoms with Crippen molar-refractivity contribution >= 4 is 28.5 Å². The van der Waals surface area contributed by atoms with Crippen LogP contribution in [0.3, 0.4) is 0 Å². The molecular formula is C16H12ClNO3. The van der Waals surface area contributed by atoms with Gasteiger partial charge in [-0.25, -0.2) is 0 Å². The van der Waals surface area contributed by atoms with Gasteiger partial charge in [0.15, 0.2) is 5.58 Å². The highest BCUT2D eigenvalue weighted by atomic mass is 35.5. The van der Waals surface area contributed by atoms with Crippen molar-refractivity contribution in [1.29, 1.82) is 0 Å². The SMILES string of the molecule is CC(=O)Oc1ccc2c(Cc3ccc(Cl)cc3)noc2c1. The lowest BCUT2D eigenvalue weighted by molar-refractivity contribution is -0.131. The van der Waals surface area contributed by atoms with Gasteiger partial charge in [-0.3, -0.25) is 4.79 Å². The first-order valence-corrected chi connectivity index (χ1v) is 6.81. The number of hydrogen-bond donors (Lipinski definition) is 0. The van der Waals surface area contributed by atoms with E-state index in [9.17, 15) is 4.79 Å². The molecule has 0 saturated carbocycles. The molecule has 0 aliphatic carbocycles. The van der Waals surface area contributed by atoms with Crippen LogP contribution in [0.4, 0.5) is 0 Å². The Labute approximate surface area is 126 Å². The predicted molar refractivity (Wildman–Crippen MR) is 79.6 cm³/mol. The second-order valence-corrected chi connectivity index (χ2v) is 5.12. The van der Waals surface area contributed by atoms with E-state index in [0.29, 0.717) is 22.8 Å². The van der Waals surface area contributed by atoms with E-state index in [4.69, 9.17) is 20.9 Å². The van der Waals surface area contributed by atoms with Gasteiger partial charge in [-0.2, -0.15) is 0 Å². The molecule has 0 radical (unpaired) electrons. The standard InChI is InChI=1S/C16H12ClNO3/c1-10(19)20-13-6-7-14-15(18-21-16(14)9-13)8-11-2-4-12(17)5-3-11/h2-7,9H,8H2,1H3. The predicted octanol–water partition coefficient (Wildman–Crippen LogP) is 4.00. The van der Waals surface area contributed by atoms with E-state index in [2.05, 4.69) is 5.16 Å². The summed E-state index contributed by atoms with van der Waals surface area (Å²) in [7, 11) is 0. The zero-order chi connectivity index (χ0) is 14.8. The topological polar surface area (TPSA) is 52.3 Å². The number of fused-ring (bicyclic) bond motifs is 1. The van der Waals surface area contributed by atoms with Crippen molar-refractivity contribution in [3.63, 3.8) is 0 Å². The average molecular weight is 302 g/mol. The molecule has 0 aliphatic heterocycles. The number of halogens is 1. The van der Waals surface area contributed by atoms with Crippen LogP contribution in [0.1, 0.15) is 18.2 Å². The zero-order valence-corrected chi connectivity index (χ0v) is 12.1. The second-order valence-electron chi connectivity index (χ2n) is 4.68. The van der Waals surface area contributed by atoms with Crippen molar-refractivity contribution in [3.05, 3.63) is 58.7 Å². The molecule has 3 aromatic rings. The van der Waals surface area contributed by atoms with Gasteiger partial charge in [0.05, 0.1) is 5.69 Å². The van der Waals surface area contributed by atoms with Gasteiger partial charge < -0.3 is 9.26 Å². The summed E-state index contributed by atoms with van der Waals surface area (Å²) in [5.74, 6) is 0.0828. The average Bonchev–Trinajstić information content (AvgIpc) is 2.83. The Morgan fingerprint density at radius 2 is 2.00 bits per heavy atom. The number of nitrogens with zero attached hydrogens (tertiary/aromatic N) is 1. The van der Waals surface area contributed by atoms with Crippen molar-refractivity contribution in [1.82, 2.24) is 5.16 Å². The summed E-state index contributed by atoms with van der Waals surface area (Å²) in [6, 6.07) is 12.8. The molecule has 4 nitrogen and oxygen atoms in total. The third-order valence-corrected chi connectivity index (χ3v) is 3.32. The number of rotatable bonds is 3. The molecule has 0 amide bonds. The first-order chi connectivity index (χ1) is 10.1. The van der Waals surface area contributed by atoms with Gasteiger partial charge in [-0.15, -0.1) is 0 Å². The number of esters is 1. The molecule has 3 rings (SSSR count). The van der Waals surface area contributed by atoms with E-state index in [0.717, 1.165) is 16.6 Å². The molecule has 106 valence electrons. The van der Waals surface area contributed by atoms with E-state index in [1.165, 1.54) is 6.92 Å². The Balaban J connectivity index is 1.89. The van der Waals surface area contributed by atoms with Crippen LogP contribution in [0.5, 0.6) is 5.75 Å². The van der Waals surface area contributed by atoms with Crippen LogP contribution in [0.15, 0.2) is 47.0 Å². The van der Waals surface area contributed by atoms with Crippen LogP contribution in [-0.4, -0.2) is 11.1 Å². The van der Waals surface area contributed by atoms with Crippen molar-refractivity contribution in [2.75, 3.05) is 0 Å². The molecule has 0 aliphatic rings. The van der Waals surface area contributed by atoms with Crippen LogP contribution < -0.4 is 4.74 Å². The van der Waals surface area contributed by atoms with Crippen LogP contribution in [0.2, 0.25) is 5.02 Å². The molecule has 0 saturated heterocycles. The summed E-state index contributed by atoms with van der Waals surface area (Å²) in [5.41, 5.74) is 2.53. The quantitative estimate of drug-likeness (QED) is 0.542. The lowest BCUT2D eigenvalue weighted by atomic mass is 10.1. The van der Waals surface area contributed by atoms with Crippen molar-refractivity contribution < 1.29 is 14.1 Å². The highest BCUT2D eigenvalue weighted by molar-refractivity contribution is 6.30. The van der Waals surface area contributed by atoms with E-state index < -0.39 is 0 Å². The van der Waals surface area contributed by atoms with E-state index in [-0.39, 0.29) is 5.97 Å². The van der Waals surface area contributed by atoms with Crippen LogP contribution in [-0.2, 0) is 11.2 Å². The fourth-order valence-corrected chi connectivity index (χ4v) is 2.25. The van der Waals surface area contributed by atoms with Crippen LogP contribution in [0, 0.1) is 0 Å². The Bertz CT molecular complexity index is 793. The third-order valence-electron chi connectivity index (χ3n) is 3.06. The normalized spacial score (nSPS) is 10.8. The summed E-state index contributed by atoms with van der Waals surface area (Å²) in [6.07, 6.45) is 0.650. The highest BCUT2D eigenvalue weighted by Crippen LogP contribution is 2.25. The first kappa shape index (κ1) is 13.6. The Kier molecular flexibility index (Phi) is 3.62. The molecule has 0 bridgehead atoms. The molecule has 1 heterocycles. The fourth-order valence-electron chi connectivity index (χ4n) is 2.12. The van der Waals surface area contributed by atoms with Gasteiger partial charge in [0, 0.05) is 29.8 Å². The number of aromatic nitrogens is 1. The summed E-state index contributed by atoms with van der Waals surface area (Å²) < 4.78 is 10.3. The highest BCUT2D eigenvalue weighted by Gasteiger charge is 2.10. The smallest absolute Gasteiger partial charge is 0.308 e. The van der Waals surface area contributed by atoms with Gasteiger partial charge in [0.2, 0.25) is 0 Å². The maximum atomic E-state index is 10.9. The lowest BCUT2D eigenvalue weighted by Gasteiger charge is -2.00. The summed E-state index contributed by atoms with van der Waals surface area (Å²) in [6.45, 7) is 1.36. The minimum Gasteiger partial charge on any atom is -0.427 e. The van der Waals surface area contributed by atoms with E-state index in [1.807, 2.05) is 30.3 Å². The molecule has 0 N–H and O–H groups in total. The molecular weight excluding hydrogens is 290 g/mol. The second kappa shape index (κ2) is 5.58. The van der Waals surface area contributed by atoms with E-state index in [1.54, 1.807) is 12.1 Å². The van der Waals surface area contributed by atoms with Crippen molar-refractivity contribution in [3.8, 4) is 5.75 Å². The molecule has 0 fully saturated rings. The summed E-state index contributed by atoms with van der Waals surface area (Å²) >= 11 is 5.87. The van der Waals surface area contributed by atoms with Crippen LogP contribution in [0.25, 0.3) is 11.0 Å². The molecule has 5 heteroatoms. The Morgan fingerprint density at radius 1 is 1.24 bits per heavy atom. The molecule has 0 unspecified atom stereocenters. The number of carbonyl (C=O) groups excluding carboxylic acids is 1. The van der Waals surface area contributed by atoms with E-state index >= 15 is 0 Å². The number of ether oxygens (including phenoxy) is 1. The molecule has 0 atom stereocenters. The summed E-state index contributed by atoms with van der Waals surface area (Å²) in [4.78, 5) is 10.9. The zero-order valence-electron chi connectivity index (χ0n) is 11.3. The molecule has 21 heavy (non-hydrogen) atoms. The van der Waals surface area contributed by atoms with Gasteiger partial charge in [-0.05, 0) is 29.8 Å². The number of hydrogen-bond acceptors (Lipinski definition) is 4. The lowest BCUT2D eigenvalue weighted by Crippen LogP contribution is -2.00. The molecule has 2 aromatic carbocycles. The molecule has 0 spiro atoms. The van der Waals surface area contributed by atoms with Gasteiger partial charge in [-0.1, -0.05) is 28.9 Å². The van der Waals surface area contributed by atoms with Crippen molar-refractivity contribution in [2.45, 2.75) is 13.3 Å². The first-order valence-electron chi connectivity index (χ1n) is 6.43. The number of carbonyl (C=O) groups is 1. The maximum absolute atomic E-state index is 10.9. The fraction of sp³-hybridized carbons (Fsp3) is 0.125. The monoisotopic (exact) mass is 301 g/mol. The minimum absolute atomic E-state index is 0.366. The van der Waals surface area contributed by atoms with Crippen LogP contribution >= 0.6 is 11.6 Å². The van der Waals surface area contributed by atoms with Gasteiger partial charge >= 0.3 is 5.97 Å². The van der Waals surface area contributed by atoms with Gasteiger partial charge in [0.25, 0.3) is 0 Å². The Hall–Kier alpha value is -2.33. The maximum Gasteiger partial charge on any atom is 0.308 e. The largest absolute Gasteiger partial charge is 0.427 e. The van der Waals surface area contributed by atoms with Crippen molar-refractivity contribution in [2.24, 2.45) is 0 Å². The minimum atomic E-state index is -0.366. The molecule has 1 aromatic heterocycles. The van der Waals surface area contributed by atoms with Gasteiger partial charge in [0.1, 0.15) is 5.75 Å². The third kappa shape index (κ3) is 3.06. The Morgan fingerprint density at radius 3 is 2.71 bits per heavy atom. The summed E-state index contributed by atoms with van der Waals surface area (Å²) in [5, 5.41) is 5.69. The number of benzene rings is 2.